The molecule has 1 atom stereocenters. The Bertz CT molecular complexity index is 612. The summed E-state index contributed by atoms with van der Waals surface area (Å²) in [4.78, 5) is 3.35. The molecule has 0 saturated carbocycles. The number of halogens is 1. The zero-order valence-corrected chi connectivity index (χ0v) is 12.7. The second-order valence-electron chi connectivity index (χ2n) is 5.24. The van der Waals surface area contributed by atoms with Gasteiger partial charge in [-0.05, 0) is 42.7 Å². The molecule has 3 rings (SSSR count). The molecule has 1 aromatic heterocycles. The Morgan fingerprint density at radius 3 is 2.79 bits per heavy atom. The average molecular weight is 295 g/mol. The highest BCUT2D eigenvalue weighted by atomic mass is 35.5. The van der Waals surface area contributed by atoms with E-state index in [0.717, 1.165) is 23.6 Å². The van der Waals surface area contributed by atoms with Crippen LogP contribution in [0.5, 0.6) is 0 Å². The molecule has 2 heterocycles. The first kappa shape index (κ1) is 13.2. The van der Waals surface area contributed by atoms with Crippen LogP contribution in [0.3, 0.4) is 0 Å². The number of piperidine rings is 1. The van der Waals surface area contributed by atoms with Crippen LogP contribution in [0.1, 0.15) is 24.3 Å². The number of hydrogen-bond acceptors (Lipinski definition) is 1. The summed E-state index contributed by atoms with van der Waals surface area (Å²) in [7, 11) is 0.164. The van der Waals surface area contributed by atoms with Crippen LogP contribution in [0.25, 0.3) is 10.9 Å². The van der Waals surface area contributed by atoms with Crippen LogP contribution < -0.4 is 0 Å². The number of hydrogen-bond donors (Lipinski definition) is 1. The number of rotatable bonds is 2. The third-order valence-electron chi connectivity index (χ3n) is 4.01. The number of aromatic amines is 1. The lowest BCUT2D eigenvalue weighted by molar-refractivity contribution is 0.347. The SMILES string of the molecule is C=S(C)N1CCC(c2c[nH]c3cc(Cl)ccc23)CC1. The maximum atomic E-state index is 6.03. The molecule has 0 amide bonds. The summed E-state index contributed by atoms with van der Waals surface area (Å²) < 4.78 is 2.49. The second kappa shape index (κ2) is 5.31. The Morgan fingerprint density at radius 1 is 1.37 bits per heavy atom. The molecule has 1 aromatic carbocycles. The van der Waals surface area contributed by atoms with Crippen molar-refractivity contribution < 1.29 is 0 Å². The molecule has 2 nitrogen and oxygen atoms in total. The van der Waals surface area contributed by atoms with Crippen molar-refractivity contribution in [2.75, 3.05) is 19.3 Å². The van der Waals surface area contributed by atoms with Crippen LogP contribution in [-0.4, -0.2) is 34.5 Å². The normalized spacial score (nSPS) is 19.9. The first-order valence-corrected chi connectivity index (χ1v) is 8.76. The molecule has 19 heavy (non-hydrogen) atoms. The molecule has 1 unspecified atom stereocenters. The van der Waals surface area contributed by atoms with Gasteiger partial charge in [0.15, 0.2) is 0 Å². The van der Waals surface area contributed by atoms with Gasteiger partial charge in [-0.25, -0.2) is 0 Å². The van der Waals surface area contributed by atoms with Crippen LogP contribution in [-0.2, 0) is 0 Å². The Morgan fingerprint density at radius 2 is 2.11 bits per heavy atom. The fourth-order valence-corrected chi connectivity index (χ4v) is 3.94. The van der Waals surface area contributed by atoms with Gasteiger partial charge in [-0.1, -0.05) is 23.5 Å². The number of aromatic nitrogens is 1. The summed E-state index contributed by atoms with van der Waals surface area (Å²) in [6.45, 7) is 2.32. The first-order valence-electron chi connectivity index (χ1n) is 6.62. The van der Waals surface area contributed by atoms with Crippen molar-refractivity contribution in [2.24, 2.45) is 0 Å². The van der Waals surface area contributed by atoms with Gasteiger partial charge in [0.25, 0.3) is 0 Å². The van der Waals surface area contributed by atoms with Crippen LogP contribution in [0.4, 0.5) is 0 Å². The molecule has 1 N–H and O–H groups in total. The molecule has 0 spiro atoms. The van der Waals surface area contributed by atoms with Gasteiger partial charge < -0.3 is 4.98 Å². The molecule has 4 heteroatoms. The maximum absolute atomic E-state index is 6.03. The van der Waals surface area contributed by atoms with Gasteiger partial charge in [-0.2, -0.15) is 0 Å². The van der Waals surface area contributed by atoms with Crippen molar-refractivity contribution in [3.05, 3.63) is 35.0 Å². The number of nitrogens with one attached hydrogen (secondary N) is 1. The quantitative estimate of drug-likeness (QED) is 0.821. The Hall–Kier alpha value is -0.770. The standard InChI is InChI=1S/C15H19ClN2S/c1-19(2)18-7-5-11(6-8-18)14-10-17-15-9-12(16)3-4-13(14)15/h3-4,9-11,17H,1,5-8H2,2H3. The van der Waals surface area contributed by atoms with Crippen LogP contribution in [0.15, 0.2) is 24.4 Å². The van der Waals surface area contributed by atoms with E-state index in [1.54, 1.807) is 0 Å². The fraction of sp³-hybridized carbons (Fsp3) is 0.400. The second-order valence-corrected chi connectivity index (χ2v) is 7.39. The summed E-state index contributed by atoms with van der Waals surface area (Å²) in [5.74, 6) is 4.80. The zero-order chi connectivity index (χ0) is 13.4. The van der Waals surface area contributed by atoms with E-state index < -0.39 is 0 Å². The van der Waals surface area contributed by atoms with E-state index in [-0.39, 0.29) is 10.7 Å². The highest BCUT2D eigenvalue weighted by Crippen LogP contribution is 2.35. The van der Waals surface area contributed by atoms with E-state index in [1.165, 1.54) is 23.8 Å². The minimum Gasteiger partial charge on any atom is -0.361 e. The number of fused-ring (bicyclic) bond motifs is 1. The third-order valence-corrected chi connectivity index (χ3v) is 5.49. The summed E-state index contributed by atoms with van der Waals surface area (Å²) in [6, 6.07) is 6.13. The minimum absolute atomic E-state index is 0.164. The highest BCUT2D eigenvalue weighted by molar-refractivity contribution is 8.11. The molecule has 1 fully saturated rings. The topological polar surface area (TPSA) is 19.0 Å². The van der Waals surface area contributed by atoms with Crippen molar-refractivity contribution in [3.8, 4) is 0 Å². The molecule has 1 aliphatic rings. The van der Waals surface area contributed by atoms with Gasteiger partial charge >= 0.3 is 0 Å². The Kier molecular flexibility index (Phi) is 3.70. The van der Waals surface area contributed by atoms with E-state index >= 15 is 0 Å². The third kappa shape index (κ3) is 2.60. The lowest BCUT2D eigenvalue weighted by Crippen LogP contribution is -2.28. The van der Waals surface area contributed by atoms with Crippen molar-refractivity contribution in [1.82, 2.24) is 9.29 Å². The van der Waals surface area contributed by atoms with Gasteiger partial charge in [-0.3, -0.25) is 4.31 Å². The predicted molar refractivity (Wildman–Crippen MR) is 87.5 cm³/mol. The molecule has 1 aliphatic heterocycles. The van der Waals surface area contributed by atoms with E-state index in [0.29, 0.717) is 5.92 Å². The largest absolute Gasteiger partial charge is 0.361 e. The minimum atomic E-state index is 0.164. The molecule has 0 radical (unpaired) electrons. The Balaban J connectivity index is 1.84. The van der Waals surface area contributed by atoms with Gasteiger partial charge in [0.1, 0.15) is 0 Å². The maximum Gasteiger partial charge on any atom is 0.0471 e. The fourth-order valence-electron chi connectivity index (χ4n) is 2.94. The van der Waals surface area contributed by atoms with Crippen molar-refractivity contribution in [3.63, 3.8) is 0 Å². The first-order chi connectivity index (χ1) is 9.15. The molecule has 1 saturated heterocycles. The predicted octanol–water partition coefficient (Wildman–Crippen LogP) is 4.25. The summed E-state index contributed by atoms with van der Waals surface area (Å²) in [6.07, 6.45) is 6.82. The van der Waals surface area contributed by atoms with Gasteiger partial charge in [-0.15, -0.1) is 10.7 Å². The molecular weight excluding hydrogens is 276 g/mol. The lowest BCUT2D eigenvalue weighted by atomic mass is 9.90. The molecule has 102 valence electrons. The van der Waals surface area contributed by atoms with Crippen LogP contribution >= 0.6 is 22.3 Å². The van der Waals surface area contributed by atoms with Crippen LogP contribution in [0, 0.1) is 0 Å². The summed E-state index contributed by atoms with van der Waals surface area (Å²) in [5.41, 5.74) is 2.60. The van der Waals surface area contributed by atoms with Crippen molar-refractivity contribution in [2.45, 2.75) is 18.8 Å². The Labute approximate surface area is 121 Å². The van der Waals surface area contributed by atoms with E-state index in [1.807, 2.05) is 12.1 Å². The summed E-state index contributed by atoms with van der Waals surface area (Å²) in [5, 5.41) is 2.12. The molecular formula is C15H19ClN2S. The average Bonchev–Trinajstić information content (AvgIpc) is 2.81. The highest BCUT2D eigenvalue weighted by Gasteiger charge is 2.22. The van der Waals surface area contributed by atoms with Gasteiger partial charge in [0, 0.05) is 35.2 Å². The van der Waals surface area contributed by atoms with Crippen molar-refractivity contribution in [1.29, 1.82) is 0 Å². The lowest BCUT2D eigenvalue weighted by Gasteiger charge is -2.32. The molecule has 2 aromatic rings. The van der Waals surface area contributed by atoms with Crippen molar-refractivity contribution >= 4 is 39.0 Å². The monoisotopic (exact) mass is 294 g/mol. The van der Waals surface area contributed by atoms with E-state index in [2.05, 4.69) is 33.7 Å². The van der Waals surface area contributed by atoms with Gasteiger partial charge in [0.2, 0.25) is 0 Å². The van der Waals surface area contributed by atoms with Crippen LogP contribution in [0.2, 0.25) is 5.02 Å². The summed E-state index contributed by atoms with van der Waals surface area (Å²) >= 11 is 6.03. The molecule has 0 aliphatic carbocycles. The number of H-pyrrole nitrogens is 1. The van der Waals surface area contributed by atoms with E-state index in [9.17, 15) is 0 Å². The zero-order valence-electron chi connectivity index (χ0n) is 11.2. The van der Waals surface area contributed by atoms with E-state index in [4.69, 9.17) is 11.6 Å². The van der Waals surface area contributed by atoms with Gasteiger partial charge in [0.05, 0.1) is 0 Å². The number of nitrogens with zero attached hydrogens (tertiary/aromatic N) is 1. The number of benzene rings is 1. The smallest absolute Gasteiger partial charge is 0.0471 e. The molecule has 0 bridgehead atoms.